The summed E-state index contributed by atoms with van der Waals surface area (Å²) in [5, 5.41) is 0. The van der Waals surface area contributed by atoms with Crippen molar-refractivity contribution in [1.29, 1.82) is 0 Å². The number of ether oxygens (including phenoxy) is 2. The highest BCUT2D eigenvalue weighted by Crippen LogP contribution is 2.26. The van der Waals surface area contributed by atoms with E-state index in [4.69, 9.17) is 15.2 Å². The minimum atomic E-state index is -0.461. The van der Waals surface area contributed by atoms with Gasteiger partial charge in [-0.25, -0.2) is 9.78 Å². The average Bonchev–Trinajstić information content (AvgIpc) is 2.41. The first-order valence-electron chi connectivity index (χ1n) is 6.15. The standard InChI is InChI=1S/C13H21N3O3/c1-5-16(9(2)8-18-3)12-11(14)10(6-7-15-12)13(17)19-4/h6-7,9H,5,8,14H2,1-4H3. The molecule has 2 N–H and O–H groups in total. The van der Waals surface area contributed by atoms with Gasteiger partial charge in [-0.1, -0.05) is 0 Å². The molecule has 19 heavy (non-hydrogen) atoms. The van der Waals surface area contributed by atoms with Crippen LogP contribution in [0.15, 0.2) is 12.3 Å². The van der Waals surface area contributed by atoms with Crippen molar-refractivity contribution in [2.24, 2.45) is 0 Å². The molecule has 0 spiro atoms. The molecular weight excluding hydrogens is 246 g/mol. The number of esters is 1. The Hall–Kier alpha value is -1.82. The number of hydrogen-bond donors (Lipinski definition) is 1. The zero-order valence-corrected chi connectivity index (χ0v) is 11.8. The Morgan fingerprint density at radius 1 is 1.53 bits per heavy atom. The Bertz CT molecular complexity index is 437. The molecule has 0 saturated heterocycles. The van der Waals surface area contributed by atoms with Gasteiger partial charge < -0.3 is 20.1 Å². The minimum absolute atomic E-state index is 0.109. The van der Waals surface area contributed by atoms with Gasteiger partial charge in [-0.3, -0.25) is 0 Å². The second-order valence-electron chi connectivity index (χ2n) is 4.18. The molecule has 0 bridgehead atoms. The molecule has 6 heteroatoms. The zero-order valence-electron chi connectivity index (χ0n) is 11.8. The summed E-state index contributed by atoms with van der Waals surface area (Å²) in [5.41, 5.74) is 6.69. The molecule has 0 aliphatic heterocycles. The van der Waals surface area contributed by atoms with E-state index in [9.17, 15) is 4.79 Å². The van der Waals surface area contributed by atoms with Crippen LogP contribution in [0.5, 0.6) is 0 Å². The Balaban J connectivity index is 3.14. The largest absolute Gasteiger partial charge is 0.465 e. The van der Waals surface area contributed by atoms with Gasteiger partial charge in [0.05, 0.1) is 31.0 Å². The lowest BCUT2D eigenvalue weighted by atomic mass is 10.2. The average molecular weight is 267 g/mol. The van der Waals surface area contributed by atoms with E-state index >= 15 is 0 Å². The van der Waals surface area contributed by atoms with E-state index in [1.54, 1.807) is 19.4 Å². The molecule has 1 rings (SSSR count). The topological polar surface area (TPSA) is 77.7 Å². The molecule has 0 amide bonds. The third kappa shape index (κ3) is 3.35. The van der Waals surface area contributed by atoms with Crippen LogP contribution in [-0.4, -0.2) is 44.4 Å². The second-order valence-corrected chi connectivity index (χ2v) is 4.18. The van der Waals surface area contributed by atoms with Crippen LogP contribution in [0, 0.1) is 0 Å². The molecule has 1 heterocycles. The quantitative estimate of drug-likeness (QED) is 0.783. The summed E-state index contributed by atoms with van der Waals surface area (Å²) in [6, 6.07) is 1.66. The van der Waals surface area contributed by atoms with E-state index in [0.717, 1.165) is 0 Å². The van der Waals surface area contributed by atoms with Gasteiger partial charge in [-0.2, -0.15) is 0 Å². The van der Waals surface area contributed by atoms with Crippen molar-refractivity contribution in [2.75, 3.05) is 38.0 Å². The number of nitrogen functional groups attached to an aromatic ring is 1. The van der Waals surface area contributed by atoms with E-state index in [2.05, 4.69) is 4.98 Å². The number of rotatable bonds is 6. The van der Waals surface area contributed by atoms with Gasteiger partial charge in [-0.15, -0.1) is 0 Å². The maximum Gasteiger partial charge on any atom is 0.340 e. The number of pyridine rings is 1. The van der Waals surface area contributed by atoms with Crippen molar-refractivity contribution >= 4 is 17.5 Å². The van der Waals surface area contributed by atoms with E-state index in [1.807, 2.05) is 18.7 Å². The van der Waals surface area contributed by atoms with Gasteiger partial charge in [0.2, 0.25) is 0 Å². The van der Waals surface area contributed by atoms with E-state index in [1.165, 1.54) is 7.11 Å². The third-order valence-electron chi connectivity index (χ3n) is 2.93. The summed E-state index contributed by atoms with van der Waals surface area (Å²) in [6.07, 6.45) is 1.56. The smallest absolute Gasteiger partial charge is 0.340 e. The van der Waals surface area contributed by atoms with Gasteiger partial charge in [0, 0.05) is 19.9 Å². The Morgan fingerprint density at radius 3 is 2.74 bits per heavy atom. The number of carbonyl (C=O) groups excluding carboxylic acids is 1. The van der Waals surface area contributed by atoms with Crippen LogP contribution < -0.4 is 10.6 Å². The van der Waals surface area contributed by atoms with Gasteiger partial charge in [-0.05, 0) is 19.9 Å². The Kier molecular flexibility index (Phi) is 5.57. The monoisotopic (exact) mass is 267 g/mol. The van der Waals surface area contributed by atoms with Crippen molar-refractivity contribution in [1.82, 2.24) is 4.98 Å². The Morgan fingerprint density at radius 2 is 2.21 bits per heavy atom. The molecule has 0 fully saturated rings. The number of likely N-dealkylation sites (N-methyl/N-ethyl adjacent to an activating group) is 1. The fraction of sp³-hybridized carbons (Fsp3) is 0.538. The van der Waals surface area contributed by atoms with Crippen LogP contribution in [0.3, 0.4) is 0 Å². The van der Waals surface area contributed by atoms with Crippen molar-refractivity contribution in [2.45, 2.75) is 19.9 Å². The van der Waals surface area contributed by atoms with Crippen LogP contribution in [0.2, 0.25) is 0 Å². The van der Waals surface area contributed by atoms with Crippen LogP contribution >= 0.6 is 0 Å². The predicted octanol–water partition coefficient (Wildman–Crippen LogP) is 1.31. The molecule has 0 aliphatic carbocycles. The molecule has 106 valence electrons. The number of methoxy groups -OCH3 is 2. The van der Waals surface area contributed by atoms with Gasteiger partial charge in [0.1, 0.15) is 0 Å². The van der Waals surface area contributed by atoms with Gasteiger partial charge in [0.25, 0.3) is 0 Å². The number of carbonyl (C=O) groups is 1. The molecular formula is C13H21N3O3. The van der Waals surface area contributed by atoms with Crippen LogP contribution in [0.1, 0.15) is 24.2 Å². The summed E-state index contributed by atoms with van der Waals surface area (Å²) in [6.45, 7) is 5.28. The van der Waals surface area contributed by atoms with Crippen LogP contribution in [0.25, 0.3) is 0 Å². The number of aromatic nitrogens is 1. The first-order valence-corrected chi connectivity index (χ1v) is 6.15. The maximum atomic E-state index is 11.6. The maximum absolute atomic E-state index is 11.6. The van der Waals surface area contributed by atoms with Crippen molar-refractivity contribution in [3.8, 4) is 0 Å². The highest BCUT2D eigenvalue weighted by Gasteiger charge is 2.20. The summed E-state index contributed by atoms with van der Waals surface area (Å²) < 4.78 is 9.85. The van der Waals surface area contributed by atoms with Crippen molar-refractivity contribution in [3.63, 3.8) is 0 Å². The van der Waals surface area contributed by atoms with Crippen LogP contribution in [-0.2, 0) is 9.47 Å². The SMILES string of the molecule is CCN(c1nccc(C(=O)OC)c1N)C(C)COC. The van der Waals surface area contributed by atoms with E-state index in [0.29, 0.717) is 30.2 Å². The fourth-order valence-corrected chi connectivity index (χ4v) is 1.98. The summed E-state index contributed by atoms with van der Waals surface area (Å²) in [5.74, 6) is 0.117. The number of hydrogen-bond acceptors (Lipinski definition) is 6. The molecule has 0 radical (unpaired) electrons. The second kappa shape index (κ2) is 6.94. The normalized spacial score (nSPS) is 12.0. The van der Waals surface area contributed by atoms with Crippen molar-refractivity contribution < 1.29 is 14.3 Å². The van der Waals surface area contributed by atoms with Crippen LogP contribution in [0.4, 0.5) is 11.5 Å². The highest BCUT2D eigenvalue weighted by molar-refractivity contribution is 5.97. The fourth-order valence-electron chi connectivity index (χ4n) is 1.98. The molecule has 6 nitrogen and oxygen atoms in total. The molecule has 0 saturated carbocycles. The number of anilines is 2. The lowest BCUT2D eigenvalue weighted by Gasteiger charge is -2.29. The minimum Gasteiger partial charge on any atom is -0.465 e. The molecule has 1 aromatic rings. The highest BCUT2D eigenvalue weighted by atomic mass is 16.5. The third-order valence-corrected chi connectivity index (χ3v) is 2.93. The Labute approximate surface area is 113 Å². The van der Waals surface area contributed by atoms with Crippen molar-refractivity contribution in [3.05, 3.63) is 17.8 Å². The number of nitrogens with two attached hydrogens (primary N) is 1. The van der Waals surface area contributed by atoms with Gasteiger partial charge in [0.15, 0.2) is 5.82 Å². The molecule has 1 atom stereocenters. The van der Waals surface area contributed by atoms with E-state index < -0.39 is 5.97 Å². The molecule has 1 unspecified atom stereocenters. The predicted molar refractivity (Wildman–Crippen MR) is 74.3 cm³/mol. The lowest BCUT2D eigenvalue weighted by Crippen LogP contribution is -2.37. The number of nitrogens with zero attached hydrogens (tertiary/aromatic N) is 2. The summed E-state index contributed by atoms with van der Waals surface area (Å²) in [4.78, 5) is 17.9. The first-order chi connectivity index (χ1) is 9.06. The zero-order chi connectivity index (χ0) is 14.4. The lowest BCUT2D eigenvalue weighted by molar-refractivity contribution is 0.0602. The first kappa shape index (κ1) is 15.2. The van der Waals surface area contributed by atoms with E-state index in [-0.39, 0.29) is 6.04 Å². The summed E-state index contributed by atoms with van der Waals surface area (Å²) >= 11 is 0. The molecule has 0 aliphatic rings. The van der Waals surface area contributed by atoms with Gasteiger partial charge >= 0.3 is 5.97 Å². The summed E-state index contributed by atoms with van der Waals surface area (Å²) in [7, 11) is 2.97. The molecule has 0 aromatic carbocycles. The molecule has 1 aromatic heterocycles.